The van der Waals surface area contributed by atoms with Gasteiger partial charge in [0, 0.05) is 18.6 Å². The summed E-state index contributed by atoms with van der Waals surface area (Å²) in [7, 11) is 0. The molecule has 1 aromatic carbocycles. The number of nitro groups is 1. The zero-order valence-electron chi connectivity index (χ0n) is 7.98. The van der Waals surface area contributed by atoms with Crippen LogP contribution in [0.15, 0.2) is 12.1 Å². The van der Waals surface area contributed by atoms with Gasteiger partial charge in [0.1, 0.15) is 6.29 Å². The van der Waals surface area contributed by atoms with Crippen molar-refractivity contribution in [1.29, 1.82) is 0 Å². The molecular formula is C9H7Cl2NO4. The van der Waals surface area contributed by atoms with E-state index in [0.717, 1.165) is 6.07 Å². The van der Waals surface area contributed by atoms with Crippen molar-refractivity contribution in [3.05, 3.63) is 32.3 Å². The second-order valence-electron chi connectivity index (χ2n) is 2.79. The van der Waals surface area contributed by atoms with Gasteiger partial charge in [-0.1, -0.05) is 23.2 Å². The van der Waals surface area contributed by atoms with Crippen LogP contribution in [0.3, 0.4) is 0 Å². The second-order valence-corrected chi connectivity index (χ2v) is 3.61. The van der Waals surface area contributed by atoms with Gasteiger partial charge in [-0.3, -0.25) is 10.1 Å². The van der Waals surface area contributed by atoms with E-state index in [-0.39, 0.29) is 34.5 Å². The van der Waals surface area contributed by atoms with Crippen LogP contribution in [0.5, 0.6) is 5.75 Å². The lowest BCUT2D eigenvalue weighted by Gasteiger charge is -2.06. The molecule has 0 aliphatic heterocycles. The molecule has 16 heavy (non-hydrogen) atoms. The van der Waals surface area contributed by atoms with E-state index < -0.39 is 4.92 Å². The van der Waals surface area contributed by atoms with Crippen molar-refractivity contribution >= 4 is 35.2 Å². The topological polar surface area (TPSA) is 69.4 Å². The second kappa shape index (κ2) is 5.67. The van der Waals surface area contributed by atoms with E-state index in [1.165, 1.54) is 6.07 Å². The maximum atomic E-state index is 10.7. The van der Waals surface area contributed by atoms with E-state index in [0.29, 0.717) is 6.29 Å². The first kappa shape index (κ1) is 12.7. The monoisotopic (exact) mass is 263 g/mol. The normalized spacial score (nSPS) is 9.88. The summed E-state index contributed by atoms with van der Waals surface area (Å²) >= 11 is 11.3. The van der Waals surface area contributed by atoms with Gasteiger partial charge in [-0.25, -0.2) is 0 Å². The van der Waals surface area contributed by atoms with Crippen molar-refractivity contribution in [2.24, 2.45) is 0 Å². The fraction of sp³-hybridized carbons (Fsp3) is 0.222. The SMILES string of the molecule is O=CCCOc1cc(Cl)c(Cl)cc1[N+](=O)[O-]. The highest BCUT2D eigenvalue weighted by atomic mass is 35.5. The van der Waals surface area contributed by atoms with Gasteiger partial charge < -0.3 is 9.53 Å². The number of carbonyl (C=O) groups excluding carboxylic acids is 1. The maximum Gasteiger partial charge on any atom is 0.312 e. The number of hydrogen-bond acceptors (Lipinski definition) is 4. The summed E-state index contributed by atoms with van der Waals surface area (Å²) in [6, 6.07) is 2.37. The predicted molar refractivity (Wildman–Crippen MR) is 59.3 cm³/mol. The van der Waals surface area contributed by atoms with Crippen LogP contribution in [0.1, 0.15) is 6.42 Å². The average molecular weight is 264 g/mol. The minimum atomic E-state index is -0.627. The lowest BCUT2D eigenvalue weighted by atomic mass is 10.3. The van der Waals surface area contributed by atoms with Crippen molar-refractivity contribution in [1.82, 2.24) is 0 Å². The first-order chi connectivity index (χ1) is 7.56. The van der Waals surface area contributed by atoms with Crippen LogP contribution < -0.4 is 4.74 Å². The van der Waals surface area contributed by atoms with Gasteiger partial charge in [0.15, 0.2) is 5.75 Å². The van der Waals surface area contributed by atoms with Gasteiger partial charge in [-0.2, -0.15) is 0 Å². The molecule has 0 aromatic heterocycles. The van der Waals surface area contributed by atoms with E-state index in [1.54, 1.807) is 0 Å². The molecule has 0 bridgehead atoms. The molecule has 0 unspecified atom stereocenters. The van der Waals surface area contributed by atoms with Gasteiger partial charge in [-0.05, 0) is 0 Å². The summed E-state index contributed by atoms with van der Waals surface area (Å²) in [4.78, 5) is 20.1. The van der Waals surface area contributed by atoms with Crippen molar-refractivity contribution < 1.29 is 14.5 Å². The molecule has 0 heterocycles. The molecule has 5 nitrogen and oxygen atoms in total. The average Bonchev–Trinajstić information content (AvgIpc) is 2.23. The number of hydrogen-bond donors (Lipinski definition) is 0. The van der Waals surface area contributed by atoms with Crippen LogP contribution in [0, 0.1) is 10.1 Å². The van der Waals surface area contributed by atoms with E-state index in [2.05, 4.69) is 0 Å². The summed E-state index contributed by atoms with van der Waals surface area (Å²) in [6.07, 6.45) is 0.806. The molecule has 7 heteroatoms. The van der Waals surface area contributed by atoms with E-state index in [9.17, 15) is 14.9 Å². The molecule has 0 amide bonds. The lowest BCUT2D eigenvalue weighted by molar-refractivity contribution is -0.385. The van der Waals surface area contributed by atoms with Crippen molar-refractivity contribution in [3.63, 3.8) is 0 Å². The zero-order chi connectivity index (χ0) is 12.1. The first-order valence-corrected chi connectivity index (χ1v) is 5.01. The highest BCUT2D eigenvalue weighted by molar-refractivity contribution is 6.42. The number of nitrogens with zero attached hydrogens (tertiary/aromatic N) is 1. The Morgan fingerprint density at radius 1 is 1.38 bits per heavy atom. The number of halogens is 2. The quantitative estimate of drug-likeness (QED) is 0.355. The Kier molecular flexibility index (Phi) is 4.52. The number of ether oxygens (including phenoxy) is 1. The van der Waals surface area contributed by atoms with Crippen molar-refractivity contribution in [2.75, 3.05) is 6.61 Å². The Morgan fingerprint density at radius 3 is 2.56 bits per heavy atom. The van der Waals surface area contributed by atoms with E-state index in [4.69, 9.17) is 27.9 Å². The van der Waals surface area contributed by atoms with Gasteiger partial charge in [0.25, 0.3) is 0 Å². The number of nitro benzene ring substituents is 1. The lowest BCUT2D eigenvalue weighted by Crippen LogP contribution is -2.01. The molecule has 1 aromatic rings. The molecule has 0 fully saturated rings. The van der Waals surface area contributed by atoms with Gasteiger partial charge in [0.05, 0.1) is 21.6 Å². The Morgan fingerprint density at radius 2 is 2.00 bits per heavy atom. The Bertz CT molecular complexity index is 422. The number of carbonyl (C=O) groups is 1. The molecule has 0 saturated carbocycles. The minimum Gasteiger partial charge on any atom is -0.486 e. The molecule has 0 spiro atoms. The molecule has 0 saturated heterocycles. The van der Waals surface area contributed by atoms with Gasteiger partial charge in [0.2, 0.25) is 0 Å². The summed E-state index contributed by atoms with van der Waals surface area (Å²) in [5.74, 6) is 0.00116. The third-order valence-corrected chi connectivity index (χ3v) is 2.41. The van der Waals surface area contributed by atoms with Crippen LogP contribution in [0.25, 0.3) is 0 Å². The highest BCUT2D eigenvalue weighted by Gasteiger charge is 2.18. The summed E-state index contributed by atoms with van der Waals surface area (Å²) in [6.45, 7) is 0.0578. The molecule has 1 rings (SSSR count). The van der Waals surface area contributed by atoms with Crippen LogP contribution in [-0.4, -0.2) is 17.8 Å². The van der Waals surface area contributed by atoms with Crippen LogP contribution in [0.4, 0.5) is 5.69 Å². The summed E-state index contributed by atoms with van der Waals surface area (Å²) in [5, 5.41) is 10.9. The van der Waals surface area contributed by atoms with Crippen molar-refractivity contribution in [2.45, 2.75) is 6.42 Å². The smallest absolute Gasteiger partial charge is 0.312 e. The fourth-order valence-electron chi connectivity index (χ4n) is 0.993. The number of benzene rings is 1. The Balaban J connectivity index is 3.00. The van der Waals surface area contributed by atoms with Gasteiger partial charge >= 0.3 is 5.69 Å². The van der Waals surface area contributed by atoms with Crippen molar-refractivity contribution in [3.8, 4) is 5.75 Å². The molecule has 0 N–H and O–H groups in total. The third-order valence-electron chi connectivity index (χ3n) is 1.69. The zero-order valence-corrected chi connectivity index (χ0v) is 9.49. The largest absolute Gasteiger partial charge is 0.486 e. The molecular weight excluding hydrogens is 257 g/mol. The van der Waals surface area contributed by atoms with E-state index in [1.807, 2.05) is 0 Å². The Hall–Kier alpha value is -1.33. The summed E-state index contributed by atoms with van der Waals surface area (Å²) < 4.78 is 5.06. The first-order valence-electron chi connectivity index (χ1n) is 4.26. The number of rotatable bonds is 5. The van der Waals surface area contributed by atoms with E-state index >= 15 is 0 Å². The predicted octanol–water partition coefficient (Wildman–Crippen LogP) is 2.87. The number of aldehydes is 1. The fourth-order valence-corrected chi connectivity index (χ4v) is 1.30. The standard InChI is InChI=1S/C9H7Cl2NO4/c10-6-4-8(12(14)15)9(5-7(6)11)16-3-1-2-13/h2,4-5H,1,3H2. The van der Waals surface area contributed by atoms with Crippen LogP contribution in [0.2, 0.25) is 10.0 Å². The molecule has 0 radical (unpaired) electrons. The maximum absolute atomic E-state index is 10.7. The minimum absolute atomic E-state index is 0.00116. The van der Waals surface area contributed by atoms with Crippen LogP contribution in [-0.2, 0) is 4.79 Å². The third kappa shape index (κ3) is 3.08. The molecule has 0 aliphatic carbocycles. The molecule has 86 valence electrons. The molecule has 0 aliphatic rings. The molecule has 0 atom stereocenters. The van der Waals surface area contributed by atoms with Gasteiger partial charge in [-0.15, -0.1) is 0 Å². The van der Waals surface area contributed by atoms with Crippen LogP contribution >= 0.6 is 23.2 Å². The Labute approximate surface area is 101 Å². The summed E-state index contributed by atoms with van der Waals surface area (Å²) in [5.41, 5.74) is -0.278. The highest BCUT2D eigenvalue weighted by Crippen LogP contribution is 2.35.